The summed E-state index contributed by atoms with van der Waals surface area (Å²) < 4.78 is 32.5. The summed E-state index contributed by atoms with van der Waals surface area (Å²) in [7, 11) is -1.94. The number of ether oxygens (including phenoxy) is 1. The van der Waals surface area contributed by atoms with Crippen molar-refractivity contribution in [3.8, 4) is 0 Å². The zero-order chi connectivity index (χ0) is 15.8. The average Bonchev–Trinajstić information content (AvgIpc) is 2.43. The Bertz CT molecular complexity index is 628. The second kappa shape index (κ2) is 5.94. The molecule has 21 heavy (non-hydrogen) atoms. The number of sulfonamides is 1. The van der Waals surface area contributed by atoms with Crippen LogP contribution in [0.3, 0.4) is 0 Å². The van der Waals surface area contributed by atoms with E-state index < -0.39 is 10.0 Å². The first-order valence-electron chi connectivity index (χ1n) is 7.17. The number of aryl methyl sites for hydroxylation is 2. The molecule has 6 heteroatoms. The molecule has 1 aliphatic heterocycles. The molecule has 0 radical (unpaired) electrons. The van der Waals surface area contributed by atoms with Crippen LogP contribution in [0.1, 0.15) is 24.5 Å². The van der Waals surface area contributed by atoms with Crippen LogP contribution in [0.4, 0.5) is 5.69 Å². The van der Waals surface area contributed by atoms with Crippen molar-refractivity contribution in [1.29, 1.82) is 0 Å². The standard InChI is InChI=1S/C15H24N2O3S/c1-10-5-6-17(9-14(10)20-4)21(18,19)15-8-12(3)11(2)7-13(15)16/h7-8,10,14H,5-6,9,16H2,1-4H3. The third kappa shape index (κ3) is 3.07. The Morgan fingerprint density at radius 3 is 2.52 bits per heavy atom. The highest BCUT2D eigenvalue weighted by Gasteiger charge is 2.34. The fourth-order valence-electron chi connectivity index (χ4n) is 2.71. The van der Waals surface area contributed by atoms with Gasteiger partial charge in [-0.3, -0.25) is 0 Å². The molecule has 0 amide bonds. The lowest BCUT2D eigenvalue weighted by molar-refractivity contribution is 0.0184. The third-order valence-corrected chi connectivity index (χ3v) is 6.32. The number of nitrogens with two attached hydrogens (primary N) is 1. The van der Waals surface area contributed by atoms with Gasteiger partial charge in [-0.25, -0.2) is 8.42 Å². The number of rotatable bonds is 3. The number of anilines is 1. The number of nitrogen functional groups attached to an aromatic ring is 1. The first-order chi connectivity index (χ1) is 9.77. The van der Waals surface area contributed by atoms with Crippen molar-refractivity contribution in [1.82, 2.24) is 4.31 Å². The Balaban J connectivity index is 2.37. The first-order valence-corrected chi connectivity index (χ1v) is 8.61. The summed E-state index contributed by atoms with van der Waals surface area (Å²) in [6.45, 7) is 6.79. The molecule has 1 heterocycles. The van der Waals surface area contributed by atoms with Gasteiger partial charge >= 0.3 is 0 Å². The van der Waals surface area contributed by atoms with Crippen molar-refractivity contribution in [2.24, 2.45) is 5.92 Å². The average molecular weight is 312 g/mol. The number of methoxy groups -OCH3 is 1. The van der Waals surface area contributed by atoms with E-state index in [1.54, 1.807) is 19.2 Å². The van der Waals surface area contributed by atoms with Crippen LogP contribution in [0.5, 0.6) is 0 Å². The minimum atomic E-state index is -3.57. The lowest BCUT2D eigenvalue weighted by Crippen LogP contribution is -2.46. The van der Waals surface area contributed by atoms with E-state index in [4.69, 9.17) is 10.5 Å². The van der Waals surface area contributed by atoms with E-state index in [2.05, 4.69) is 6.92 Å². The predicted octanol–water partition coefficient (Wildman–Crippen LogP) is 1.93. The first kappa shape index (κ1) is 16.3. The van der Waals surface area contributed by atoms with E-state index >= 15 is 0 Å². The van der Waals surface area contributed by atoms with Gasteiger partial charge in [0.2, 0.25) is 10.0 Å². The van der Waals surface area contributed by atoms with Gasteiger partial charge in [0.05, 0.1) is 11.8 Å². The third-order valence-electron chi connectivity index (χ3n) is 4.40. The minimum Gasteiger partial charge on any atom is -0.398 e. The van der Waals surface area contributed by atoms with Crippen molar-refractivity contribution >= 4 is 15.7 Å². The molecule has 2 atom stereocenters. The lowest BCUT2D eigenvalue weighted by atomic mass is 9.97. The summed E-state index contributed by atoms with van der Waals surface area (Å²) in [5.41, 5.74) is 8.17. The van der Waals surface area contributed by atoms with Gasteiger partial charge in [0, 0.05) is 20.2 Å². The van der Waals surface area contributed by atoms with Crippen molar-refractivity contribution < 1.29 is 13.2 Å². The summed E-state index contributed by atoms with van der Waals surface area (Å²) in [5, 5.41) is 0. The predicted molar refractivity (Wildman–Crippen MR) is 83.7 cm³/mol. The van der Waals surface area contributed by atoms with Gasteiger partial charge in [0.15, 0.2) is 0 Å². The molecule has 118 valence electrons. The number of hydrogen-bond donors (Lipinski definition) is 1. The Morgan fingerprint density at radius 2 is 1.90 bits per heavy atom. The van der Waals surface area contributed by atoms with E-state index in [0.29, 0.717) is 24.7 Å². The zero-order valence-electron chi connectivity index (χ0n) is 13.1. The van der Waals surface area contributed by atoms with Gasteiger partial charge < -0.3 is 10.5 Å². The Morgan fingerprint density at radius 1 is 1.29 bits per heavy atom. The summed E-state index contributed by atoms with van der Waals surface area (Å²) in [4.78, 5) is 0.204. The molecule has 0 aromatic heterocycles. The maximum atomic E-state index is 12.8. The molecule has 2 rings (SSSR count). The van der Waals surface area contributed by atoms with Gasteiger partial charge in [0.1, 0.15) is 4.90 Å². The number of hydrogen-bond acceptors (Lipinski definition) is 4. The highest BCUT2D eigenvalue weighted by molar-refractivity contribution is 7.89. The van der Waals surface area contributed by atoms with Gasteiger partial charge in [-0.05, 0) is 49.4 Å². The SMILES string of the molecule is COC1CN(S(=O)(=O)c2cc(C)c(C)cc2N)CCC1C. The van der Waals surface area contributed by atoms with Gasteiger partial charge in [0.25, 0.3) is 0 Å². The molecule has 5 nitrogen and oxygen atoms in total. The van der Waals surface area contributed by atoms with Crippen molar-refractivity contribution in [3.05, 3.63) is 23.3 Å². The molecule has 0 bridgehead atoms. The molecular weight excluding hydrogens is 288 g/mol. The Labute approximate surface area is 127 Å². The van der Waals surface area contributed by atoms with E-state index in [0.717, 1.165) is 17.5 Å². The van der Waals surface area contributed by atoms with Gasteiger partial charge in [-0.2, -0.15) is 4.31 Å². The minimum absolute atomic E-state index is 0.0682. The van der Waals surface area contributed by atoms with Crippen molar-refractivity contribution in [2.75, 3.05) is 25.9 Å². The second-order valence-corrected chi connectivity index (χ2v) is 7.78. The molecule has 1 fully saturated rings. The van der Waals surface area contributed by atoms with Crippen LogP contribution in [0.25, 0.3) is 0 Å². The lowest BCUT2D eigenvalue weighted by Gasteiger charge is -2.35. The van der Waals surface area contributed by atoms with Crippen LogP contribution < -0.4 is 5.73 Å². The molecule has 2 N–H and O–H groups in total. The summed E-state index contributed by atoms with van der Waals surface area (Å²) in [5.74, 6) is 0.360. The fraction of sp³-hybridized carbons (Fsp3) is 0.600. The smallest absolute Gasteiger partial charge is 0.245 e. The topological polar surface area (TPSA) is 72.6 Å². The Hall–Kier alpha value is -1.11. The van der Waals surface area contributed by atoms with Crippen LogP contribution in [-0.2, 0) is 14.8 Å². The zero-order valence-corrected chi connectivity index (χ0v) is 13.9. The molecular formula is C15H24N2O3S. The Kier molecular flexibility index (Phi) is 4.60. The van der Waals surface area contributed by atoms with Gasteiger partial charge in [-0.15, -0.1) is 0 Å². The van der Waals surface area contributed by atoms with Crippen molar-refractivity contribution in [2.45, 2.75) is 38.2 Å². The highest BCUT2D eigenvalue weighted by Crippen LogP contribution is 2.29. The molecule has 1 aromatic rings. The number of benzene rings is 1. The van der Waals surface area contributed by atoms with E-state index in [-0.39, 0.29) is 11.0 Å². The van der Waals surface area contributed by atoms with Crippen molar-refractivity contribution in [3.63, 3.8) is 0 Å². The number of piperidine rings is 1. The van der Waals surface area contributed by atoms with E-state index in [9.17, 15) is 8.42 Å². The summed E-state index contributed by atoms with van der Waals surface area (Å²) >= 11 is 0. The molecule has 1 aromatic carbocycles. The number of nitrogens with zero attached hydrogens (tertiary/aromatic N) is 1. The van der Waals surface area contributed by atoms with Gasteiger partial charge in [-0.1, -0.05) is 6.92 Å². The summed E-state index contributed by atoms with van der Waals surface area (Å²) in [6.07, 6.45) is 0.726. The largest absolute Gasteiger partial charge is 0.398 e. The van der Waals surface area contributed by atoms with E-state index in [1.165, 1.54) is 4.31 Å². The second-order valence-electron chi connectivity index (χ2n) is 5.88. The molecule has 0 spiro atoms. The van der Waals surface area contributed by atoms with Crippen LogP contribution in [0.15, 0.2) is 17.0 Å². The van der Waals surface area contributed by atoms with Crippen LogP contribution in [-0.4, -0.2) is 39.0 Å². The normalized spacial score (nSPS) is 24.2. The molecule has 1 saturated heterocycles. The maximum Gasteiger partial charge on any atom is 0.245 e. The quantitative estimate of drug-likeness (QED) is 0.866. The fourth-order valence-corrected chi connectivity index (χ4v) is 4.35. The maximum absolute atomic E-state index is 12.8. The highest BCUT2D eigenvalue weighted by atomic mass is 32.2. The molecule has 2 unspecified atom stereocenters. The van der Waals surface area contributed by atoms with Crippen LogP contribution >= 0.6 is 0 Å². The molecule has 0 aliphatic carbocycles. The summed E-state index contributed by atoms with van der Waals surface area (Å²) in [6, 6.07) is 3.39. The molecule has 0 saturated carbocycles. The monoisotopic (exact) mass is 312 g/mol. The van der Waals surface area contributed by atoms with Crippen LogP contribution in [0.2, 0.25) is 0 Å². The molecule has 1 aliphatic rings. The van der Waals surface area contributed by atoms with E-state index in [1.807, 2.05) is 13.8 Å². The van der Waals surface area contributed by atoms with Crippen LogP contribution in [0, 0.1) is 19.8 Å².